The zero-order valence-electron chi connectivity index (χ0n) is 16.7. The lowest BCUT2D eigenvalue weighted by Gasteiger charge is -2.30. The van der Waals surface area contributed by atoms with E-state index in [1.807, 2.05) is 11.0 Å². The molecule has 1 saturated heterocycles. The minimum atomic E-state index is -0.0937. The summed E-state index contributed by atoms with van der Waals surface area (Å²) in [6.07, 6.45) is 3.82. The van der Waals surface area contributed by atoms with Crippen LogP contribution in [0.2, 0.25) is 0 Å². The third kappa shape index (κ3) is 3.27. The van der Waals surface area contributed by atoms with Gasteiger partial charge < -0.3 is 10.2 Å². The lowest BCUT2D eigenvalue weighted by Crippen LogP contribution is -2.43. The topological polar surface area (TPSA) is 52.7 Å². The van der Waals surface area contributed by atoms with E-state index in [-0.39, 0.29) is 29.2 Å². The summed E-state index contributed by atoms with van der Waals surface area (Å²) in [4.78, 5) is 30.1. The molecule has 146 valence electrons. The number of likely N-dealkylation sites (tertiary alicyclic amines) is 1. The molecule has 2 amide bonds. The van der Waals surface area contributed by atoms with Crippen LogP contribution in [0.4, 0.5) is 5.69 Å². The molecule has 2 heterocycles. The van der Waals surface area contributed by atoms with E-state index in [9.17, 15) is 9.59 Å². The molecule has 4 rings (SSSR count). The van der Waals surface area contributed by atoms with Gasteiger partial charge in [0.15, 0.2) is 0 Å². The third-order valence-electron chi connectivity index (χ3n) is 6.57. The molecule has 3 aliphatic rings. The summed E-state index contributed by atoms with van der Waals surface area (Å²) in [6, 6.07) is 8.20. The first-order chi connectivity index (χ1) is 12.9. The van der Waals surface area contributed by atoms with Crippen molar-refractivity contribution in [2.75, 3.05) is 31.6 Å². The smallest absolute Gasteiger partial charge is 0.237 e. The van der Waals surface area contributed by atoms with E-state index < -0.39 is 0 Å². The maximum absolute atomic E-state index is 13.4. The van der Waals surface area contributed by atoms with Crippen LogP contribution in [-0.4, -0.2) is 49.4 Å². The number of para-hydroxylation sites is 1. The molecule has 1 spiro atoms. The number of carbonyl (C=O) groups excluding carboxylic acids is 2. The number of anilines is 1. The number of carbonyl (C=O) groups is 2. The maximum atomic E-state index is 13.4. The zero-order valence-corrected chi connectivity index (χ0v) is 16.7. The lowest BCUT2D eigenvalue weighted by atomic mass is 9.97. The Labute approximate surface area is 162 Å². The summed E-state index contributed by atoms with van der Waals surface area (Å²) in [5.41, 5.74) is 2.37. The van der Waals surface area contributed by atoms with Crippen LogP contribution in [0.1, 0.15) is 38.7 Å². The summed E-state index contributed by atoms with van der Waals surface area (Å²) in [5, 5.41) is 2.82. The van der Waals surface area contributed by atoms with Gasteiger partial charge in [-0.15, -0.1) is 0 Å². The van der Waals surface area contributed by atoms with Gasteiger partial charge in [-0.3, -0.25) is 14.5 Å². The van der Waals surface area contributed by atoms with Gasteiger partial charge in [-0.25, -0.2) is 0 Å². The molecule has 1 aliphatic carbocycles. The fourth-order valence-corrected chi connectivity index (χ4v) is 5.23. The Balaban J connectivity index is 1.51. The van der Waals surface area contributed by atoms with E-state index in [1.54, 1.807) is 7.05 Å². The van der Waals surface area contributed by atoms with Gasteiger partial charge in [0.1, 0.15) is 0 Å². The molecule has 1 N–H and O–H groups in total. The summed E-state index contributed by atoms with van der Waals surface area (Å²) in [7, 11) is 1.71. The zero-order chi connectivity index (χ0) is 19.2. The highest BCUT2D eigenvalue weighted by molar-refractivity contribution is 5.98. The Hall–Kier alpha value is -1.88. The Kier molecular flexibility index (Phi) is 4.75. The monoisotopic (exact) mass is 369 g/mol. The van der Waals surface area contributed by atoms with Crippen LogP contribution in [0.15, 0.2) is 24.3 Å². The highest BCUT2D eigenvalue weighted by atomic mass is 16.2. The third-order valence-corrected chi connectivity index (χ3v) is 6.57. The van der Waals surface area contributed by atoms with Crippen LogP contribution in [0.5, 0.6) is 0 Å². The Morgan fingerprint density at radius 3 is 2.78 bits per heavy atom. The highest BCUT2D eigenvalue weighted by Crippen LogP contribution is 2.61. The maximum Gasteiger partial charge on any atom is 0.237 e. The normalized spacial score (nSPS) is 29.9. The van der Waals surface area contributed by atoms with Crippen LogP contribution < -0.4 is 10.2 Å². The quantitative estimate of drug-likeness (QED) is 0.887. The second-order valence-corrected chi connectivity index (χ2v) is 9.00. The molecular formula is C22H31N3O2. The Morgan fingerprint density at radius 2 is 2.04 bits per heavy atom. The number of fused-ring (bicyclic) bond motifs is 1. The summed E-state index contributed by atoms with van der Waals surface area (Å²) >= 11 is 0. The van der Waals surface area contributed by atoms with Gasteiger partial charge >= 0.3 is 0 Å². The number of rotatable bonds is 4. The molecular weight excluding hydrogens is 338 g/mol. The number of likely N-dealkylation sites (N-methyl/N-ethyl adjacent to an activating group) is 1. The van der Waals surface area contributed by atoms with Crippen LogP contribution in [0.25, 0.3) is 0 Å². The molecule has 0 aromatic heterocycles. The molecule has 0 bridgehead atoms. The van der Waals surface area contributed by atoms with Gasteiger partial charge in [-0.05, 0) is 48.6 Å². The van der Waals surface area contributed by atoms with Crippen LogP contribution >= 0.6 is 0 Å². The molecule has 0 unspecified atom stereocenters. The first-order valence-electron chi connectivity index (χ1n) is 10.3. The van der Waals surface area contributed by atoms with Gasteiger partial charge in [0, 0.05) is 38.3 Å². The largest absolute Gasteiger partial charge is 0.358 e. The molecule has 2 aliphatic heterocycles. The van der Waals surface area contributed by atoms with E-state index in [2.05, 4.69) is 42.3 Å². The molecule has 3 atom stereocenters. The summed E-state index contributed by atoms with van der Waals surface area (Å²) in [6.45, 7) is 6.97. The Bertz CT molecular complexity index is 747. The number of hydrogen-bond donors (Lipinski definition) is 1. The van der Waals surface area contributed by atoms with Crippen molar-refractivity contribution in [2.45, 2.75) is 45.6 Å². The van der Waals surface area contributed by atoms with E-state index in [4.69, 9.17) is 0 Å². The molecule has 1 saturated carbocycles. The van der Waals surface area contributed by atoms with E-state index in [0.717, 1.165) is 51.0 Å². The highest BCUT2D eigenvalue weighted by Gasteiger charge is 2.64. The van der Waals surface area contributed by atoms with Gasteiger partial charge in [0.2, 0.25) is 11.8 Å². The van der Waals surface area contributed by atoms with Crippen molar-refractivity contribution in [1.82, 2.24) is 10.2 Å². The van der Waals surface area contributed by atoms with Crippen molar-refractivity contribution in [2.24, 2.45) is 17.3 Å². The average molecular weight is 370 g/mol. The standard InChI is InChI=1S/C22H31N3O2/c1-15(2)13-24-14-22(12-19(24)20(26)23-3)11-17(22)21(27)25-10-6-8-16-7-4-5-9-18(16)25/h4-5,7,9,15,17,19H,6,8,10-14H2,1-3H3,(H,23,26)/t17-,19+,22+/m1/s1. The van der Waals surface area contributed by atoms with E-state index >= 15 is 0 Å². The lowest BCUT2D eigenvalue weighted by molar-refractivity contribution is -0.125. The number of nitrogens with zero attached hydrogens (tertiary/aromatic N) is 2. The van der Waals surface area contributed by atoms with Gasteiger partial charge in [-0.2, -0.15) is 0 Å². The van der Waals surface area contributed by atoms with Crippen LogP contribution in [-0.2, 0) is 16.0 Å². The fraction of sp³-hybridized carbons (Fsp3) is 0.636. The molecule has 1 aromatic rings. The number of aryl methyl sites for hydroxylation is 1. The average Bonchev–Trinajstić information content (AvgIpc) is 3.24. The SMILES string of the molecule is CNC(=O)[C@@H]1C[C@@]2(C[C@@H]2C(=O)N2CCCc3ccccc32)CN1CC(C)C. The predicted octanol–water partition coefficient (Wildman–Crippen LogP) is 2.45. The van der Waals surface area contributed by atoms with Crippen molar-refractivity contribution in [3.63, 3.8) is 0 Å². The second kappa shape index (κ2) is 6.93. The van der Waals surface area contributed by atoms with Crippen LogP contribution in [0.3, 0.4) is 0 Å². The molecule has 2 fully saturated rings. The van der Waals surface area contributed by atoms with Gasteiger partial charge in [0.05, 0.1) is 6.04 Å². The fourth-order valence-electron chi connectivity index (χ4n) is 5.23. The van der Waals surface area contributed by atoms with E-state index in [1.165, 1.54) is 5.56 Å². The molecule has 0 radical (unpaired) electrons. The number of benzene rings is 1. The van der Waals surface area contributed by atoms with Gasteiger partial charge in [-0.1, -0.05) is 32.0 Å². The first-order valence-corrected chi connectivity index (χ1v) is 10.3. The minimum Gasteiger partial charge on any atom is -0.358 e. The van der Waals surface area contributed by atoms with Crippen molar-refractivity contribution in [3.05, 3.63) is 29.8 Å². The molecule has 27 heavy (non-hydrogen) atoms. The minimum absolute atomic E-state index is 0.00442. The van der Waals surface area contributed by atoms with Crippen molar-refractivity contribution < 1.29 is 9.59 Å². The molecule has 5 heteroatoms. The van der Waals surface area contributed by atoms with E-state index in [0.29, 0.717) is 5.92 Å². The van der Waals surface area contributed by atoms with Gasteiger partial charge in [0.25, 0.3) is 0 Å². The molecule has 1 aromatic carbocycles. The number of nitrogens with one attached hydrogen (secondary N) is 1. The van der Waals surface area contributed by atoms with Crippen molar-refractivity contribution >= 4 is 17.5 Å². The number of hydrogen-bond acceptors (Lipinski definition) is 3. The number of amides is 2. The van der Waals surface area contributed by atoms with Crippen molar-refractivity contribution in [3.8, 4) is 0 Å². The predicted molar refractivity (Wildman–Crippen MR) is 107 cm³/mol. The summed E-state index contributed by atoms with van der Waals surface area (Å²) < 4.78 is 0. The first kappa shape index (κ1) is 18.5. The molecule has 5 nitrogen and oxygen atoms in total. The Morgan fingerprint density at radius 1 is 1.26 bits per heavy atom. The van der Waals surface area contributed by atoms with Crippen molar-refractivity contribution in [1.29, 1.82) is 0 Å². The summed E-state index contributed by atoms with van der Waals surface area (Å²) in [5.74, 6) is 0.931. The van der Waals surface area contributed by atoms with Crippen LogP contribution in [0, 0.1) is 17.3 Å². The second-order valence-electron chi connectivity index (χ2n) is 9.00.